The topological polar surface area (TPSA) is 127 Å². The van der Waals surface area contributed by atoms with Gasteiger partial charge in [0.1, 0.15) is 6.54 Å². The third-order valence-electron chi connectivity index (χ3n) is 6.38. The van der Waals surface area contributed by atoms with E-state index >= 15 is 0 Å². The quantitative estimate of drug-likeness (QED) is 0.255. The highest BCUT2D eigenvalue weighted by Crippen LogP contribution is 2.33. The molecule has 2 aliphatic rings. The Morgan fingerprint density at radius 3 is 2.59 bits per heavy atom. The SMILES string of the molecule is O=C(CN1C(=O)S/C(=C/c2cccn2Cc2ccccc2[N+](=O)[O-])C1=O)Nc1ccccc1N1CCOCC1. The van der Waals surface area contributed by atoms with Crippen LogP contribution in [0.3, 0.4) is 0 Å². The summed E-state index contributed by atoms with van der Waals surface area (Å²) in [5.41, 5.74) is 2.55. The Bertz CT molecular complexity index is 1460. The molecule has 0 atom stereocenters. The Morgan fingerprint density at radius 1 is 1.05 bits per heavy atom. The van der Waals surface area contributed by atoms with Gasteiger partial charge in [0.15, 0.2) is 0 Å². The molecular weight excluding hydrogens is 522 g/mol. The van der Waals surface area contributed by atoms with Crippen molar-refractivity contribution in [3.63, 3.8) is 0 Å². The minimum atomic E-state index is -0.569. The van der Waals surface area contributed by atoms with E-state index in [-0.39, 0.29) is 17.1 Å². The van der Waals surface area contributed by atoms with Crippen LogP contribution in [0.1, 0.15) is 11.3 Å². The van der Waals surface area contributed by atoms with Crippen molar-refractivity contribution in [1.82, 2.24) is 9.47 Å². The predicted octanol–water partition coefficient (Wildman–Crippen LogP) is 3.96. The van der Waals surface area contributed by atoms with Crippen molar-refractivity contribution in [1.29, 1.82) is 0 Å². The number of nitrogens with one attached hydrogen (secondary N) is 1. The summed E-state index contributed by atoms with van der Waals surface area (Å²) in [6.07, 6.45) is 3.30. The van der Waals surface area contributed by atoms with Crippen molar-refractivity contribution in [2.45, 2.75) is 6.54 Å². The van der Waals surface area contributed by atoms with Gasteiger partial charge in [-0.25, -0.2) is 0 Å². The highest BCUT2D eigenvalue weighted by atomic mass is 32.2. The third kappa shape index (κ3) is 5.86. The molecular formula is C27H25N5O6S. The third-order valence-corrected chi connectivity index (χ3v) is 7.29. The average Bonchev–Trinajstić information content (AvgIpc) is 3.48. The first-order valence-corrected chi connectivity index (χ1v) is 13.1. The molecule has 0 saturated carbocycles. The number of hydrogen-bond acceptors (Lipinski definition) is 8. The second-order valence-corrected chi connectivity index (χ2v) is 9.87. The number of nitrogens with zero attached hydrogens (tertiary/aromatic N) is 4. The minimum absolute atomic E-state index is 0.00122. The highest BCUT2D eigenvalue weighted by molar-refractivity contribution is 8.18. The predicted molar refractivity (Wildman–Crippen MR) is 147 cm³/mol. The summed E-state index contributed by atoms with van der Waals surface area (Å²) in [5.74, 6) is -1.06. The summed E-state index contributed by atoms with van der Waals surface area (Å²) in [7, 11) is 0. The number of nitro groups is 1. The van der Waals surface area contributed by atoms with Gasteiger partial charge in [0, 0.05) is 36.6 Å². The molecule has 3 aromatic rings. The monoisotopic (exact) mass is 547 g/mol. The van der Waals surface area contributed by atoms with Gasteiger partial charge in [-0.3, -0.25) is 29.4 Å². The van der Waals surface area contributed by atoms with Crippen LogP contribution in [0.15, 0.2) is 71.8 Å². The molecule has 39 heavy (non-hydrogen) atoms. The van der Waals surface area contributed by atoms with Crippen LogP contribution < -0.4 is 10.2 Å². The Kier molecular flexibility index (Phi) is 7.75. The maximum atomic E-state index is 13.1. The Balaban J connectivity index is 1.28. The van der Waals surface area contributed by atoms with E-state index in [2.05, 4.69) is 10.2 Å². The zero-order valence-corrected chi connectivity index (χ0v) is 21.6. The Labute approximate surface area is 228 Å². The van der Waals surface area contributed by atoms with Crippen molar-refractivity contribution in [3.05, 3.63) is 93.1 Å². The molecule has 0 spiro atoms. The number of thioether (sulfide) groups is 1. The van der Waals surface area contributed by atoms with Crippen LogP contribution >= 0.6 is 11.8 Å². The fourth-order valence-corrected chi connectivity index (χ4v) is 5.29. The van der Waals surface area contributed by atoms with Crippen molar-refractivity contribution in [2.75, 3.05) is 43.1 Å². The summed E-state index contributed by atoms with van der Waals surface area (Å²) >= 11 is 0.752. The van der Waals surface area contributed by atoms with E-state index in [0.29, 0.717) is 43.2 Å². The second kappa shape index (κ2) is 11.5. The van der Waals surface area contributed by atoms with Crippen molar-refractivity contribution >= 4 is 52.0 Å². The normalized spacial score (nSPS) is 16.7. The number of ether oxygens (including phenoxy) is 1. The molecule has 2 saturated heterocycles. The van der Waals surface area contributed by atoms with Crippen LogP contribution in [0, 0.1) is 10.1 Å². The molecule has 2 aliphatic heterocycles. The molecule has 1 N–H and O–H groups in total. The number of carbonyl (C=O) groups excluding carboxylic acids is 3. The number of rotatable bonds is 8. The molecule has 3 amide bonds. The lowest BCUT2D eigenvalue weighted by Crippen LogP contribution is -2.38. The van der Waals surface area contributed by atoms with Crippen LogP contribution in [-0.2, 0) is 20.9 Å². The number of carbonyl (C=O) groups is 3. The van der Waals surface area contributed by atoms with Crippen molar-refractivity contribution < 1.29 is 24.0 Å². The van der Waals surface area contributed by atoms with Gasteiger partial charge in [0.2, 0.25) is 5.91 Å². The van der Waals surface area contributed by atoms with Gasteiger partial charge < -0.3 is 19.5 Å². The van der Waals surface area contributed by atoms with Gasteiger partial charge in [0.25, 0.3) is 16.8 Å². The standard InChI is InChI=1S/C27H25N5O6S/c33-25(28-21-8-2-4-10-23(21)29-12-14-38-15-13-29)18-31-26(34)24(39-27(31)35)16-20-7-5-11-30(20)17-19-6-1-3-9-22(19)32(36)37/h1-11,16H,12-15,17-18H2,(H,28,33)/b24-16+. The summed E-state index contributed by atoms with van der Waals surface area (Å²) in [5, 5.41) is 13.7. The van der Waals surface area contributed by atoms with E-state index in [1.165, 1.54) is 6.07 Å². The number of nitro benzene ring substituents is 1. The fraction of sp³-hybridized carbons (Fsp3) is 0.222. The van der Waals surface area contributed by atoms with Crippen LogP contribution in [0.4, 0.5) is 21.9 Å². The van der Waals surface area contributed by atoms with Crippen LogP contribution in [0.2, 0.25) is 0 Å². The Hall–Kier alpha value is -4.42. The number of amides is 3. The van der Waals surface area contributed by atoms with Gasteiger partial charge in [-0.15, -0.1) is 0 Å². The number of anilines is 2. The molecule has 11 nitrogen and oxygen atoms in total. The summed E-state index contributed by atoms with van der Waals surface area (Å²) in [6.45, 7) is 2.37. The largest absolute Gasteiger partial charge is 0.378 e. The lowest BCUT2D eigenvalue weighted by Gasteiger charge is -2.30. The number of hydrogen-bond donors (Lipinski definition) is 1. The van der Waals surface area contributed by atoms with E-state index in [4.69, 9.17) is 4.74 Å². The van der Waals surface area contributed by atoms with Gasteiger partial charge in [-0.2, -0.15) is 0 Å². The molecule has 2 aromatic carbocycles. The first-order valence-electron chi connectivity index (χ1n) is 12.2. The lowest BCUT2D eigenvalue weighted by molar-refractivity contribution is -0.385. The van der Waals surface area contributed by atoms with Crippen LogP contribution in [-0.4, -0.2) is 64.3 Å². The molecule has 0 unspecified atom stereocenters. The smallest absolute Gasteiger partial charge is 0.294 e. The Morgan fingerprint density at radius 2 is 1.79 bits per heavy atom. The second-order valence-electron chi connectivity index (χ2n) is 8.88. The maximum Gasteiger partial charge on any atom is 0.294 e. The molecule has 200 valence electrons. The lowest BCUT2D eigenvalue weighted by atomic mass is 10.2. The van der Waals surface area contributed by atoms with Gasteiger partial charge in [0.05, 0.1) is 41.0 Å². The first-order chi connectivity index (χ1) is 18.9. The number of imide groups is 1. The summed E-state index contributed by atoms with van der Waals surface area (Å²) in [6, 6.07) is 17.3. The molecule has 0 bridgehead atoms. The molecule has 5 rings (SSSR count). The van der Waals surface area contributed by atoms with E-state index in [0.717, 1.165) is 22.3 Å². The maximum absolute atomic E-state index is 13.1. The zero-order chi connectivity index (χ0) is 27.4. The number of para-hydroxylation sites is 3. The zero-order valence-electron chi connectivity index (χ0n) is 20.8. The van der Waals surface area contributed by atoms with E-state index < -0.39 is 28.5 Å². The van der Waals surface area contributed by atoms with Crippen LogP contribution in [0.5, 0.6) is 0 Å². The van der Waals surface area contributed by atoms with Crippen LogP contribution in [0.25, 0.3) is 6.08 Å². The molecule has 3 heterocycles. The average molecular weight is 548 g/mol. The fourth-order valence-electron chi connectivity index (χ4n) is 4.47. The van der Waals surface area contributed by atoms with Crippen molar-refractivity contribution in [2.24, 2.45) is 0 Å². The highest BCUT2D eigenvalue weighted by Gasteiger charge is 2.36. The summed E-state index contributed by atoms with van der Waals surface area (Å²) < 4.78 is 7.16. The van der Waals surface area contributed by atoms with Gasteiger partial charge in [-0.05, 0) is 42.1 Å². The van der Waals surface area contributed by atoms with Crippen molar-refractivity contribution in [3.8, 4) is 0 Å². The molecule has 1 aromatic heterocycles. The van der Waals surface area contributed by atoms with E-state index in [9.17, 15) is 24.5 Å². The number of morpholine rings is 1. The number of aromatic nitrogens is 1. The van der Waals surface area contributed by atoms with Gasteiger partial charge in [-0.1, -0.05) is 30.3 Å². The van der Waals surface area contributed by atoms with E-state index in [1.54, 1.807) is 53.2 Å². The molecule has 12 heteroatoms. The first kappa shape index (κ1) is 26.2. The summed E-state index contributed by atoms with van der Waals surface area (Å²) in [4.78, 5) is 52.8. The molecule has 0 radical (unpaired) electrons. The minimum Gasteiger partial charge on any atom is -0.378 e. The van der Waals surface area contributed by atoms with Gasteiger partial charge >= 0.3 is 0 Å². The molecule has 2 fully saturated rings. The number of benzene rings is 2. The van der Waals surface area contributed by atoms with E-state index in [1.807, 2.05) is 18.2 Å². The molecule has 0 aliphatic carbocycles.